The predicted molar refractivity (Wildman–Crippen MR) is 105 cm³/mol. The summed E-state index contributed by atoms with van der Waals surface area (Å²) in [4.78, 5) is 35.8. The first-order valence-electron chi connectivity index (χ1n) is 8.93. The van der Waals surface area contributed by atoms with Crippen LogP contribution in [0, 0.1) is 13.8 Å². The predicted octanol–water partition coefficient (Wildman–Crippen LogP) is 2.48. The highest BCUT2D eigenvalue weighted by molar-refractivity contribution is 6.03. The van der Waals surface area contributed by atoms with E-state index in [1.54, 1.807) is 33.1 Å². The zero-order valence-electron chi connectivity index (χ0n) is 16.2. The van der Waals surface area contributed by atoms with Crippen LogP contribution in [0.15, 0.2) is 51.9 Å². The number of carbonyl (C=O) groups is 1. The first kappa shape index (κ1) is 18.5. The molecule has 0 unspecified atom stereocenters. The van der Waals surface area contributed by atoms with Crippen LogP contribution in [-0.4, -0.2) is 32.6 Å². The van der Waals surface area contributed by atoms with Crippen LogP contribution in [-0.2, 0) is 6.54 Å². The normalized spacial score (nSPS) is 11.0. The van der Waals surface area contributed by atoms with Crippen molar-refractivity contribution in [1.82, 2.24) is 19.6 Å². The van der Waals surface area contributed by atoms with Gasteiger partial charge in [-0.05, 0) is 32.0 Å². The molecule has 0 aliphatic heterocycles. The van der Waals surface area contributed by atoms with Gasteiger partial charge in [-0.3, -0.25) is 19.6 Å². The number of ether oxygens (including phenoxy) is 1. The molecule has 1 aromatic carbocycles. The number of hydrogen-bond donors (Lipinski definition) is 1. The summed E-state index contributed by atoms with van der Waals surface area (Å²) in [5.74, 6) is 0.717. The highest BCUT2D eigenvalue weighted by Crippen LogP contribution is 2.23. The van der Waals surface area contributed by atoms with E-state index in [1.165, 1.54) is 15.7 Å². The third-order valence-electron chi connectivity index (χ3n) is 4.71. The SMILES string of the molecule is COc1ccccc1CN(C(=O)c1ccco1)c1nc2nc(C)c(C)c(=O)n2[nH]1. The molecule has 148 valence electrons. The number of benzene rings is 1. The lowest BCUT2D eigenvalue weighted by atomic mass is 10.2. The number of nitrogens with one attached hydrogen (secondary N) is 1. The maximum atomic E-state index is 13.1. The molecular formula is C20H19N5O4. The van der Waals surface area contributed by atoms with Crippen LogP contribution in [0.25, 0.3) is 5.78 Å². The van der Waals surface area contributed by atoms with Crippen LogP contribution in [0.1, 0.15) is 27.4 Å². The van der Waals surface area contributed by atoms with E-state index < -0.39 is 5.91 Å². The average Bonchev–Trinajstić information content (AvgIpc) is 3.40. The summed E-state index contributed by atoms with van der Waals surface area (Å²) in [7, 11) is 1.56. The highest BCUT2D eigenvalue weighted by Gasteiger charge is 2.25. The van der Waals surface area contributed by atoms with Gasteiger partial charge in [0.15, 0.2) is 5.76 Å². The minimum Gasteiger partial charge on any atom is -0.496 e. The molecule has 29 heavy (non-hydrogen) atoms. The summed E-state index contributed by atoms with van der Waals surface area (Å²) in [6, 6.07) is 10.6. The molecule has 0 bridgehead atoms. The number of carbonyl (C=O) groups excluding carboxylic acids is 1. The van der Waals surface area contributed by atoms with Gasteiger partial charge in [0, 0.05) is 16.8 Å². The topological polar surface area (TPSA) is 106 Å². The maximum absolute atomic E-state index is 13.1. The molecule has 4 rings (SSSR count). The quantitative estimate of drug-likeness (QED) is 0.558. The van der Waals surface area contributed by atoms with Crippen molar-refractivity contribution in [2.75, 3.05) is 12.0 Å². The fraction of sp³-hybridized carbons (Fsp3) is 0.200. The molecule has 0 saturated carbocycles. The number of H-pyrrole nitrogens is 1. The van der Waals surface area contributed by atoms with Gasteiger partial charge in [-0.1, -0.05) is 18.2 Å². The van der Waals surface area contributed by atoms with Gasteiger partial charge in [-0.2, -0.15) is 9.50 Å². The van der Waals surface area contributed by atoms with E-state index >= 15 is 0 Å². The summed E-state index contributed by atoms with van der Waals surface area (Å²) >= 11 is 0. The zero-order valence-corrected chi connectivity index (χ0v) is 16.2. The van der Waals surface area contributed by atoms with E-state index in [1.807, 2.05) is 24.3 Å². The molecule has 3 heterocycles. The van der Waals surface area contributed by atoms with Crippen molar-refractivity contribution in [2.24, 2.45) is 0 Å². The first-order valence-corrected chi connectivity index (χ1v) is 8.93. The lowest BCUT2D eigenvalue weighted by Gasteiger charge is -2.19. The molecule has 9 heteroatoms. The van der Waals surface area contributed by atoms with E-state index in [0.717, 1.165) is 5.56 Å². The second-order valence-corrected chi connectivity index (χ2v) is 6.49. The molecule has 4 aromatic rings. The zero-order chi connectivity index (χ0) is 20.5. The van der Waals surface area contributed by atoms with Crippen molar-refractivity contribution in [3.05, 3.63) is 75.6 Å². The Labute approximate surface area is 165 Å². The van der Waals surface area contributed by atoms with Gasteiger partial charge in [0.25, 0.3) is 17.2 Å². The molecule has 0 atom stereocenters. The van der Waals surface area contributed by atoms with Crippen LogP contribution in [0.4, 0.5) is 5.95 Å². The maximum Gasteiger partial charge on any atom is 0.296 e. The smallest absolute Gasteiger partial charge is 0.296 e. The van der Waals surface area contributed by atoms with E-state index in [2.05, 4.69) is 15.1 Å². The van der Waals surface area contributed by atoms with Gasteiger partial charge in [0.05, 0.1) is 19.9 Å². The first-order chi connectivity index (χ1) is 14.0. The molecule has 3 aromatic heterocycles. The van der Waals surface area contributed by atoms with E-state index in [-0.39, 0.29) is 29.6 Å². The van der Waals surface area contributed by atoms with Crippen molar-refractivity contribution in [3.8, 4) is 5.75 Å². The standard InChI is InChI=1S/C20H19N5O4/c1-12-13(2)21-19-22-20(23-25(19)17(12)26)24(18(27)16-9-6-10-29-16)11-14-7-4-5-8-15(14)28-3/h4-10H,11H2,1-3H3,(H,21,22,23). The van der Waals surface area contributed by atoms with Crippen molar-refractivity contribution < 1.29 is 13.9 Å². The Kier molecular flexibility index (Phi) is 4.63. The van der Waals surface area contributed by atoms with Crippen LogP contribution in [0.2, 0.25) is 0 Å². The van der Waals surface area contributed by atoms with Gasteiger partial charge in [0.1, 0.15) is 5.75 Å². The number of aromatic amines is 1. The van der Waals surface area contributed by atoms with E-state index in [0.29, 0.717) is 17.0 Å². The number of aromatic nitrogens is 4. The minimum atomic E-state index is -0.415. The number of amides is 1. The number of anilines is 1. The fourth-order valence-electron chi connectivity index (χ4n) is 2.99. The summed E-state index contributed by atoms with van der Waals surface area (Å²) in [6.45, 7) is 3.58. The average molecular weight is 393 g/mol. The number of methoxy groups -OCH3 is 1. The van der Waals surface area contributed by atoms with Gasteiger partial charge in [-0.25, -0.2) is 4.98 Å². The summed E-state index contributed by atoms with van der Waals surface area (Å²) < 4.78 is 11.9. The largest absolute Gasteiger partial charge is 0.496 e. The Balaban J connectivity index is 1.84. The van der Waals surface area contributed by atoms with E-state index in [4.69, 9.17) is 9.15 Å². The van der Waals surface area contributed by atoms with Crippen LogP contribution < -0.4 is 15.2 Å². The van der Waals surface area contributed by atoms with Gasteiger partial charge >= 0.3 is 0 Å². The molecule has 0 radical (unpaired) electrons. The molecule has 0 aliphatic rings. The van der Waals surface area contributed by atoms with Crippen LogP contribution in [0.3, 0.4) is 0 Å². The summed E-state index contributed by atoms with van der Waals surface area (Å²) in [6.07, 6.45) is 1.42. The minimum absolute atomic E-state index is 0.146. The Morgan fingerprint density at radius 1 is 1.21 bits per heavy atom. The number of fused-ring (bicyclic) bond motifs is 1. The van der Waals surface area contributed by atoms with Crippen LogP contribution in [0.5, 0.6) is 5.75 Å². The number of nitrogens with zero attached hydrogens (tertiary/aromatic N) is 4. The molecule has 0 fully saturated rings. The Hall–Kier alpha value is -3.88. The van der Waals surface area contributed by atoms with Gasteiger partial charge < -0.3 is 9.15 Å². The number of rotatable bonds is 5. The van der Waals surface area contributed by atoms with Gasteiger partial charge in [-0.15, -0.1) is 0 Å². The van der Waals surface area contributed by atoms with Crippen molar-refractivity contribution >= 4 is 17.6 Å². The Bertz CT molecular complexity index is 1240. The Morgan fingerprint density at radius 3 is 2.72 bits per heavy atom. The molecule has 0 aliphatic carbocycles. The van der Waals surface area contributed by atoms with E-state index in [9.17, 15) is 9.59 Å². The third-order valence-corrected chi connectivity index (χ3v) is 4.71. The lowest BCUT2D eigenvalue weighted by molar-refractivity contribution is 0.0956. The number of furan rings is 1. The number of hydrogen-bond acceptors (Lipinski definition) is 6. The monoisotopic (exact) mass is 393 g/mol. The summed E-state index contributed by atoms with van der Waals surface area (Å²) in [5, 5.41) is 2.89. The fourth-order valence-corrected chi connectivity index (χ4v) is 2.99. The number of aryl methyl sites for hydroxylation is 1. The molecule has 1 N–H and O–H groups in total. The summed E-state index contributed by atoms with van der Waals surface area (Å²) in [5.41, 5.74) is 1.59. The van der Waals surface area contributed by atoms with Crippen molar-refractivity contribution in [2.45, 2.75) is 20.4 Å². The van der Waals surface area contributed by atoms with Crippen molar-refractivity contribution in [3.63, 3.8) is 0 Å². The molecule has 0 saturated heterocycles. The second kappa shape index (κ2) is 7.27. The molecule has 0 spiro atoms. The number of para-hydroxylation sites is 1. The van der Waals surface area contributed by atoms with Crippen molar-refractivity contribution in [1.29, 1.82) is 0 Å². The van der Waals surface area contributed by atoms with Crippen LogP contribution >= 0.6 is 0 Å². The molecular weight excluding hydrogens is 374 g/mol. The lowest BCUT2D eigenvalue weighted by Crippen LogP contribution is -2.31. The third kappa shape index (κ3) is 3.27. The molecule has 9 nitrogen and oxygen atoms in total. The highest BCUT2D eigenvalue weighted by atomic mass is 16.5. The molecule has 1 amide bonds. The Morgan fingerprint density at radius 2 is 2.00 bits per heavy atom. The van der Waals surface area contributed by atoms with Gasteiger partial charge in [0.2, 0.25) is 5.95 Å². The second-order valence-electron chi connectivity index (χ2n) is 6.49.